The Labute approximate surface area is 85.1 Å². The van der Waals surface area contributed by atoms with Crippen molar-refractivity contribution < 1.29 is 4.74 Å². The van der Waals surface area contributed by atoms with Crippen LogP contribution in [-0.4, -0.2) is 12.6 Å². The molecule has 0 spiro atoms. The van der Waals surface area contributed by atoms with Crippen LogP contribution in [0.2, 0.25) is 0 Å². The highest BCUT2D eigenvalue weighted by atomic mass is 16.5. The van der Waals surface area contributed by atoms with Crippen molar-refractivity contribution in [2.75, 3.05) is 6.61 Å². The molecule has 1 aromatic rings. The van der Waals surface area contributed by atoms with Crippen molar-refractivity contribution in [3.8, 4) is 5.75 Å². The van der Waals surface area contributed by atoms with Crippen molar-refractivity contribution in [3.63, 3.8) is 0 Å². The lowest BCUT2D eigenvalue weighted by atomic mass is 9.91. The first-order valence-electron chi connectivity index (χ1n) is 5.18. The maximum atomic E-state index is 5.89. The number of hydrogen-bond acceptors (Lipinski definition) is 2. The largest absolute Gasteiger partial charge is 0.492 e. The summed E-state index contributed by atoms with van der Waals surface area (Å²) in [5, 5.41) is 0. The molecule has 1 atom stereocenters. The summed E-state index contributed by atoms with van der Waals surface area (Å²) in [6, 6.07) is 6.42. The van der Waals surface area contributed by atoms with Crippen molar-refractivity contribution in [3.05, 3.63) is 29.3 Å². The van der Waals surface area contributed by atoms with Gasteiger partial charge in [0.25, 0.3) is 0 Å². The molecule has 0 radical (unpaired) electrons. The van der Waals surface area contributed by atoms with Gasteiger partial charge in [0, 0.05) is 6.04 Å². The first-order chi connectivity index (χ1) is 6.68. The van der Waals surface area contributed by atoms with Crippen molar-refractivity contribution in [2.24, 2.45) is 5.73 Å². The number of ether oxygens (including phenoxy) is 1. The van der Waals surface area contributed by atoms with Crippen LogP contribution >= 0.6 is 0 Å². The average molecular weight is 191 g/mol. The Kier molecular flexibility index (Phi) is 2.46. The monoisotopic (exact) mass is 191 g/mol. The van der Waals surface area contributed by atoms with Gasteiger partial charge in [-0.1, -0.05) is 26.0 Å². The first kappa shape index (κ1) is 9.53. The molecule has 2 heteroatoms. The fourth-order valence-electron chi connectivity index (χ4n) is 2.00. The molecule has 0 unspecified atom stereocenters. The molecule has 1 aromatic carbocycles. The van der Waals surface area contributed by atoms with E-state index in [4.69, 9.17) is 10.5 Å². The van der Waals surface area contributed by atoms with Gasteiger partial charge in [0.05, 0.1) is 0 Å². The van der Waals surface area contributed by atoms with Crippen LogP contribution in [0.15, 0.2) is 18.2 Å². The zero-order valence-electron chi connectivity index (χ0n) is 8.79. The van der Waals surface area contributed by atoms with Gasteiger partial charge in [-0.05, 0) is 29.5 Å². The third-order valence-corrected chi connectivity index (χ3v) is 2.71. The van der Waals surface area contributed by atoms with E-state index in [0.29, 0.717) is 12.5 Å². The summed E-state index contributed by atoms with van der Waals surface area (Å²) in [4.78, 5) is 0. The lowest BCUT2D eigenvalue weighted by molar-refractivity contribution is 0.262. The van der Waals surface area contributed by atoms with E-state index in [9.17, 15) is 0 Å². The van der Waals surface area contributed by atoms with Crippen LogP contribution in [0.5, 0.6) is 5.75 Å². The second-order valence-corrected chi connectivity index (χ2v) is 4.25. The molecule has 14 heavy (non-hydrogen) atoms. The lowest BCUT2D eigenvalue weighted by Gasteiger charge is -2.25. The third kappa shape index (κ3) is 1.62. The standard InChI is InChI=1S/C12H17NO/c1-8(2)10-4-3-5-12-11(10)6-9(13)7-14-12/h3-5,8-9H,6-7,13H2,1-2H3/t9-/m0/s1. The molecule has 0 amide bonds. The number of benzene rings is 1. The summed E-state index contributed by atoms with van der Waals surface area (Å²) in [5.74, 6) is 1.57. The Hall–Kier alpha value is -1.02. The van der Waals surface area contributed by atoms with Crippen molar-refractivity contribution in [1.29, 1.82) is 0 Å². The zero-order chi connectivity index (χ0) is 10.1. The van der Waals surface area contributed by atoms with Crippen LogP contribution in [0.1, 0.15) is 30.9 Å². The van der Waals surface area contributed by atoms with Crippen molar-refractivity contribution in [2.45, 2.75) is 32.2 Å². The molecule has 0 fully saturated rings. The van der Waals surface area contributed by atoms with Crippen molar-refractivity contribution >= 4 is 0 Å². The number of fused-ring (bicyclic) bond motifs is 1. The van der Waals surface area contributed by atoms with E-state index in [-0.39, 0.29) is 6.04 Å². The minimum atomic E-state index is 0.155. The minimum absolute atomic E-state index is 0.155. The smallest absolute Gasteiger partial charge is 0.122 e. The summed E-state index contributed by atoms with van der Waals surface area (Å²) < 4.78 is 5.60. The summed E-state index contributed by atoms with van der Waals surface area (Å²) in [6.07, 6.45) is 0.948. The minimum Gasteiger partial charge on any atom is -0.492 e. The highest BCUT2D eigenvalue weighted by Crippen LogP contribution is 2.31. The molecule has 2 nitrogen and oxygen atoms in total. The summed E-state index contributed by atoms with van der Waals surface area (Å²) in [7, 11) is 0. The molecule has 2 rings (SSSR count). The molecule has 0 saturated carbocycles. The summed E-state index contributed by atoms with van der Waals surface area (Å²) in [5.41, 5.74) is 8.57. The lowest BCUT2D eigenvalue weighted by Crippen LogP contribution is -2.34. The third-order valence-electron chi connectivity index (χ3n) is 2.71. The van der Waals surface area contributed by atoms with E-state index < -0.39 is 0 Å². The molecule has 0 bridgehead atoms. The highest BCUT2D eigenvalue weighted by molar-refractivity contribution is 5.43. The maximum absolute atomic E-state index is 5.89. The Morgan fingerprint density at radius 3 is 2.93 bits per heavy atom. The number of nitrogens with two attached hydrogens (primary N) is 1. The Bertz CT molecular complexity index is 333. The maximum Gasteiger partial charge on any atom is 0.122 e. The predicted octanol–water partition coefficient (Wildman–Crippen LogP) is 2.07. The van der Waals surface area contributed by atoms with Gasteiger partial charge >= 0.3 is 0 Å². The summed E-state index contributed by atoms with van der Waals surface area (Å²) >= 11 is 0. The van der Waals surface area contributed by atoms with Crippen LogP contribution in [0.4, 0.5) is 0 Å². The Morgan fingerprint density at radius 1 is 1.43 bits per heavy atom. The Morgan fingerprint density at radius 2 is 2.21 bits per heavy atom. The number of hydrogen-bond donors (Lipinski definition) is 1. The molecule has 1 heterocycles. The fraction of sp³-hybridized carbons (Fsp3) is 0.500. The van der Waals surface area contributed by atoms with Gasteiger partial charge in [0.2, 0.25) is 0 Å². The Balaban J connectivity index is 2.43. The fourth-order valence-corrected chi connectivity index (χ4v) is 2.00. The predicted molar refractivity (Wildman–Crippen MR) is 57.7 cm³/mol. The van der Waals surface area contributed by atoms with E-state index in [1.165, 1.54) is 11.1 Å². The second kappa shape index (κ2) is 3.62. The van der Waals surface area contributed by atoms with Gasteiger partial charge in [-0.2, -0.15) is 0 Å². The topological polar surface area (TPSA) is 35.2 Å². The van der Waals surface area contributed by atoms with E-state index >= 15 is 0 Å². The molecule has 76 valence electrons. The number of rotatable bonds is 1. The van der Waals surface area contributed by atoms with E-state index in [0.717, 1.165) is 12.2 Å². The van der Waals surface area contributed by atoms with Crippen molar-refractivity contribution in [1.82, 2.24) is 0 Å². The molecular formula is C12H17NO. The molecule has 2 N–H and O–H groups in total. The molecular weight excluding hydrogens is 174 g/mol. The zero-order valence-corrected chi connectivity index (χ0v) is 8.79. The molecule has 1 aliphatic rings. The van der Waals surface area contributed by atoms with Gasteiger partial charge in [-0.3, -0.25) is 0 Å². The van der Waals surface area contributed by atoms with Crippen LogP contribution in [0.3, 0.4) is 0 Å². The second-order valence-electron chi connectivity index (χ2n) is 4.25. The molecule has 0 aliphatic carbocycles. The van der Waals surface area contributed by atoms with Gasteiger partial charge < -0.3 is 10.5 Å². The van der Waals surface area contributed by atoms with E-state index in [2.05, 4.69) is 26.0 Å². The van der Waals surface area contributed by atoms with Gasteiger partial charge in [-0.25, -0.2) is 0 Å². The molecule has 0 saturated heterocycles. The van der Waals surface area contributed by atoms with Crippen LogP contribution in [0, 0.1) is 0 Å². The van der Waals surface area contributed by atoms with Gasteiger partial charge in [0.1, 0.15) is 12.4 Å². The molecule has 1 aliphatic heterocycles. The highest BCUT2D eigenvalue weighted by Gasteiger charge is 2.20. The SMILES string of the molecule is CC(C)c1cccc2c1C[C@H](N)CO2. The van der Waals surface area contributed by atoms with Gasteiger partial charge in [-0.15, -0.1) is 0 Å². The van der Waals surface area contributed by atoms with Crippen LogP contribution in [0.25, 0.3) is 0 Å². The quantitative estimate of drug-likeness (QED) is 0.737. The van der Waals surface area contributed by atoms with E-state index in [1.807, 2.05) is 6.07 Å². The normalized spacial score (nSPS) is 20.4. The van der Waals surface area contributed by atoms with E-state index in [1.54, 1.807) is 0 Å². The average Bonchev–Trinajstić information content (AvgIpc) is 2.16. The molecule has 0 aromatic heterocycles. The summed E-state index contributed by atoms with van der Waals surface area (Å²) in [6.45, 7) is 5.06. The van der Waals surface area contributed by atoms with Crippen LogP contribution in [-0.2, 0) is 6.42 Å². The van der Waals surface area contributed by atoms with Crippen LogP contribution < -0.4 is 10.5 Å². The first-order valence-corrected chi connectivity index (χ1v) is 5.18. The van der Waals surface area contributed by atoms with Gasteiger partial charge in [0.15, 0.2) is 0 Å².